The van der Waals surface area contributed by atoms with Gasteiger partial charge in [-0.15, -0.1) is 11.3 Å². The Balaban J connectivity index is 2.40. The molecule has 0 spiro atoms. The number of hydrogen-bond donors (Lipinski definition) is 3. The van der Waals surface area contributed by atoms with Crippen LogP contribution in [0, 0.1) is 19.8 Å². The third kappa shape index (κ3) is 5.33. The number of rotatable bonds is 6. The molecule has 0 amide bonds. The van der Waals surface area contributed by atoms with E-state index in [1.807, 2.05) is 33.8 Å². The molecule has 2 aromatic heterocycles. The highest BCUT2D eigenvalue weighted by atomic mass is 32.2. The average molecular weight is 484 g/mol. The van der Waals surface area contributed by atoms with E-state index in [0.717, 1.165) is 22.7 Å². The largest absolute Gasteiger partial charge is 0.504 e. The van der Waals surface area contributed by atoms with Crippen LogP contribution in [0.1, 0.15) is 57.7 Å². The Morgan fingerprint density at radius 3 is 2.28 bits per heavy atom. The fraction of sp³-hybridized carbons (Fsp3) is 0.524. The molecule has 1 atom stereocenters. The molecule has 0 fully saturated rings. The maximum atomic E-state index is 12.9. The minimum Gasteiger partial charge on any atom is -0.504 e. The second-order valence-electron chi connectivity index (χ2n) is 8.99. The SMILES string of the molecule is Cc1cc([C@H](N=C(N)C(N)=Nc2csc(S(=O)(=O)N(C)C(C)(C)C)c2O)C(C)C)oc1C. The Bertz CT molecular complexity index is 1120. The fourth-order valence-electron chi connectivity index (χ4n) is 2.76. The van der Waals surface area contributed by atoms with Gasteiger partial charge in [-0.05, 0) is 52.2 Å². The molecule has 2 heterocycles. The molecule has 2 rings (SSSR count). The first-order valence-corrected chi connectivity index (χ1v) is 12.4. The number of aliphatic imine (C=N–C) groups is 2. The first kappa shape index (κ1) is 25.9. The van der Waals surface area contributed by atoms with Crippen LogP contribution in [0.3, 0.4) is 0 Å². The van der Waals surface area contributed by atoms with Crippen molar-refractivity contribution in [1.82, 2.24) is 4.31 Å². The molecule has 0 aliphatic carbocycles. The molecule has 32 heavy (non-hydrogen) atoms. The number of sulfonamides is 1. The minimum absolute atomic E-state index is 0.0114. The molecule has 2 aromatic rings. The predicted molar refractivity (Wildman–Crippen MR) is 129 cm³/mol. The van der Waals surface area contributed by atoms with E-state index in [4.69, 9.17) is 15.9 Å². The first-order chi connectivity index (χ1) is 14.6. The van der Waals surface area contributed by atoms with Gasteiger partial charge in [0.15, 0.2) is 21.6 Å². The van der Waals surface area contributed by atoms with Gasteiger partial charge in [-0.1, -0.05) is 13.8 Å². The molecule has 178 valence electrons. The van der Waals surface area contributed by atoms with Gasteiger partial charge in [0.2, 0.25) is 0 Å². The number of nitrogens with zero attached hydrogens (tertiary/aromatic N) is 3. The molecular formula is C21H33N5O4S2. The van der Waals surface area contributed by atoms with E-state index in [0.29, 0.717) is 5.76 Å². The van der Waals surface area contributed by atoms with E-state index in [1.165, 1.54) is 16.7 Å². The second-order valence-corrected chi connectivity index (χ2v) is 12.0. The Labute approximate surface area is 193 Å². The molecule has 5 N–H and O–H groups in total. The topological polar surface area (TPSA) is 148 Å². The molecule has 0 aliphatic heterocycles. The zero-order valence-electron chi connectivity index (χ0n) is 19.8. The number of aryl methyl sites for hydroxylation is 2. The Morgan fingerprint density at radius 1 is 1.22 bits per heavy atom. The third-order valence-corrected chi connectivity index (χ3v) is 8.74. The van der Waals surface area contributed by atoms with E-state index in [1.54, 1.807) is 20.8 Å². The normalized spacial score (nSPS) is 15.1. The van der Waals surface area contributed by atoms with E-state index >= 15 is 0 Å². The third-order valence-electron chi connectivity index (χ3n) is 5.14. The summed E-state index contributed by atoms with van der Waals surface area (Å²) in [5.74, 6) is 0.917. The molecule has 0 radical (unpaired) electrons. The Hall–Kier alpha value is -2.37. The number of furan rings is 1. The smallest absolute Gasteiger partial charge is 0.256 e. The van der Waals surface area contributed by atoms with Crippen LogP contribution in [0.2, 0.25) is 0 Å². The summed E-state index contributed by atoms with van der Waals surface area (Å²) < 4.78 is 32.5. The second kappa shape index (κ2) is 9.24. The summed E-state index contributed by atoms with van der Waals surface area (Å²) >= 11 is 0.863. The maximum absolute atomic E-state index is 12.9. The fourth-order valence-corrected chi connectivity index (χ4v) is 5.65. The van der Waals surface area contributed by atoms with Crippen LogP contribution in [0.25, 0.3) is 0 Å². The molecule has 0 bridgehead atoms. The van der Waals surface area contributed by atoms with Crippen LogP contribution >= 0.6 is 11.3 Å². The van der Waals surface area contributed by atoms with Gasteiger partial charge in [-0.25, -0.2) is 13.4 Å². The number of nitrogens with two attached hydrogens (primary N) is 2. The van der Waals surface area contributed by atoms with Gasteiger partial charge in [0, 0.05) is 18.0 Å². The first-order valence-electron chi connectivity index (χ1n) is 10.1. The van der Waals surface area contributed by atoms with Crippen LogP contribution in [0.4, 0.5) is 5.69 Å². The number of hydrogen-bond acceptors (Lipinski definition) is 7. The standard InChI is InChI=1S/C21H33N5O4S2/c1-11(2)16(15-9-12(3)13(4)30-15)25-19(23)18(22)24-14-10-31-20(17(14)27)32(28,29)26(8)21(5,6)7/h9-11,16,27H,1-8H3,(H2,22,24)(H2,23,25)/t16-/m1/s1. The van der Waals surface area contributed by atoms with Gasteiger partial charge >= 0.3 is 0 Å². The molecule has 0 unspecified atom stereocenters. The predicted octanol–water partition coefficient (Wildman–Crippen LogP) is 3.83. The van der Waals surface area contributed by atoms with Crippen molar-refractivity contribution in [3.05, 3.63) is 28.5 Å². The summed E-state index contributed by atoms with van der Waals surface area (Å²) in [5, 5.41) is 12.0. The van der Waals surface area contributed by atoms with Crippen LogP contribution < -0.4 is 11.5 Å². The van der Waals surface area contributed by atoms with Crippen LogP contribution in [0.5, 0.6) is 5.75 Å². The summed E-state index contributed by atoms with van der Waals surface area (Å²) in [6.07, 6.45) is 0. The monoisotopic (exact) mass is 483 g/mol. The highest BCUT2D eigenvalue weighted by Gasteiger charge is 2.34. The van der Waals surface area contributed by atoms with E-state index in [-0.39, 0.29) is 33.5 Å². The van der Waals surface area contributed by atoms with Crippen LogP contribution in [-0.2, 0) is 10.0 Å². The molecule has 11 heteroatoms. The zero-order valence-corrected chi connectivity index (χ0v) is 21.4. The lowest BCUT2D eigenvalue weighted by molar-refractivity contribution is 0.291. The lowest BCUT2D eigenvalue weighted by atomic mass is 10.0. The lowest BCUT2D eigenvalue weighted by Crippen LogP contribution is -2.42. The maximum Gasteiger partial charge on any atom is 0.256 e. The van der Waals surface area contributed by atoms with Crippen molar-refractivity contribution in [2.75, 3.05) is 7.05 Å². The van der Waals surface area contributed by atoms with Crippen LogP contribution in [-0.4, -0.2) is 42.1 Å². The van der Waals surface area contributed by atoms with Gasteiger partial charge in [0.05, 0.1) is 0 Å². The molecule has 0 saturated heterocycles. The Morgan fingerprint density at radius 2 is 1.81 bits per heavy atom. The van der Waals surface area contributed by atoms with Gasteiger partial charge in [0.1, 0.15) is 23.2 Å². The minimum atomic E-state index is -3.91. The van der Waals surface area contributed by atoms with Gasteiger partial charge in [-0.2, -0.15) is 4.31 Å². The summed E-state index contributed by atoms with van der Waals surface area (Å²) in [6, 6.07) is 1.54. The number of thiophene rings is 1. The van der Waals surface area contributed by atoms with Crippen molar-refractivity contribution < 1.29 is 17.9 Å². The van der Waals surface area contributed by atoms with E-state index in [9.17, 15) is 13.5 Å². The van der Waals surface area contributed by atoms with E-state index in [2.05, 4.69) is 9.98 Å². The summed E-state index contributed by atoms with van der Waals surface area (Å²) in [4.78, 5) is 8.61. The molecular weight excluding hydrogens is 450 g/mol. The van der Waals surface area contributed by atoms with Crippen molar-refractivity contribution in [3.8, 4) is 5.75 Å². The molecule has 0 saturated carbocycles. The van der Waals surface area contributed by atoms with Gasteiger partial charge < -0.3 is 21.0 Å². The zero-order chi connectivity index (χ0) is 24.6. The van der Waals surface area contributed by atoms with Crippen molar-refractivity contribution in [3.63, 3.8) is 0 Å². The van der Waals surface area contributed by atoms with Crippen molar-refractivity contribution in [2.45, 2.75) is 64.3 Å². The number of aromatic hydroxyl groups is 1. The molecule has 0 aliphatic rings. The lowest BCUT2D eigenvalue weighted by Gasteiger charge is -2.30. The van der Waals surface area contributed by atoms with Crippen molar-refractivity contribution in [2.24, 2.45) is 27.4 Å². The molecule has 0 aromatic carbocycles. The average Bonchev–Trinajstić information content (AvgIpc) is 3.20. The van der Waals surface area contributed by atoms with Crippen LogP contribution in [0.15, 0.2) is 30.1 Å². The summed E-state index contributed by atoms with van der Waals surface area (Å²) in [5.41, 5.74) is 12.5. The highest BCUT2D eigenvalue weighted by molar-refractivity contribution is 7.91. The van der Waals surface area contributed by atoms with Gasteiger partial charge in [-0.3, -0.25) is 4.99 Å². The summed E-state index contributed by atoms with van der Waals surface area (Å²) in [6.45, 7) is 13.1. The summed E-state index contributed by atoms with van der Waals surface area (Å²) in [7, 11) is -2.45. The van der Waals surface area contributed by atoms with Crippen molar-refractivity contribution in [1.29, 1.82) is 0 Å². The van der Waals surface area contributed by atoms with Gasteiger partial charge in [0.25, 0.3) is 10.0 Å². The highest BCUT2D eigenvalue weighted by Crippen LogP contribution is 2.41. The molecule has 9 nitrogen and oxygen atoms in total. The van der Waals surface area contributed by atoms with E-state index < -0.39 is 21.3 Å². The van der Waals surface area contributed by atoms with Crippen molar-refractivity contribution >= 4 is 38.7 Å². The Kier molecular flexibility index (Phi) is 7.48. The number of amidine groups is 2. The quantitative estimate of drug-likeness (QED) is 0.420.